The van der Waals surface area contributed by atoms with Gasteiger partial charge in [0.25, 0.3) is 5.91 Å². The van der Waals surface area contributed by atoms with Gasteiger partial charge in [0.1, 0.15) is 5.82 Å². The van der Waals surface area contributed by atoms with Gasteiger partial charge in [-0.15, -0.1) is 0 Å². The van der Waals surface area contributed by atoms with Gasteiger partial charge in [-0.1, -0.05) is 11.6 Å². The van der Waals surface area contributed by atoms with E-state index in [2.05, 4.69) is 10.2 Å². The van der Waals surface area contributed by atoms with Crippen LogP contribution in [0.3, 0.4) is 0 Å². The highest BCUT2D eigenvalue weighted by molar-refractivity contribution is 6.33. The smallest absolute Gasteiger partial charge is 0.255 e. The Morgan fingerprint density at radius 1 is 1.45 bits per heavy atom. The van der Waals surface area contributed by atoms with Crippen molar-refractivity contribution in [1.82, 2.24) is 15.1 Å². The lowest BCUT2D eigenvalue weighted by molar-refractivity contribution is 0.0735. The summed E-state index contributed by atoms with van der Waals surface area (Å²) in [5.74, 6) is -0.603. The zero-order valence-corrected chi connectivity index (χ0v) is 13.2. The minimum absolute atomic E-state index is 0.00707. The van der Waals surface area contributed by atoms with Gasteiger partial charge in [0, 0.05) is 17.8 Å². The first-order chi connectivity index (χ1) is 10.5. The fraction of sp³-hybridized carbons (Fsp3) is 0.375. The molecule has 1 fully saturated rings. The first-order valence-corrected chi connectivity index (χ1v) is 7.64. The molecule has 1 amide bonds. The molecule has 116 valence electrons. The van der Waals surface area contributed by atoms with Crippen molar-refractivity contribution in [3.63, 3.8) is 0 Å². The average molecular weight is 322 g/mol. The highest BCUT2D eigenvalue weighted by atomic mass is 35.5. The second kappa shape index (κ2) is 5.72. The summed E-state index contributed by atoms with van der Waals surface area (Å²) in [7, 11) is 0. The van der Waals surface area contributed by atoms with E-state index >= 15 is 0 Å². The number of aryl methyl sites for hydroxylation is 2. The molecule has 1 aliphatic rings. The Hall–Kier alpha value is -1.88. The molecule has 2 aromatic rings. The fourth-order valence-corrected chi connectivity index (χ4v) is 3.43. The molecule has 6 heteroatoms. The zero-order chi connectivity index (χ0) is 15.9. The van der Waals surface area contributed by atoms with E-state index in [-0.39, 0.29) is 17.0 Å². The molecule has 0 unspecified atom stereocenters. The molecule has 0 bridgehead atoms. The monoisotopic (exact) mass is 321 g/mol. The molecular weight excluding hydrogens is 305 g/mol. The van der Waals surface area contributed by atoms with E-state index < -0.39 is 5.82 Å². The maximum absolute atomic E-state index is 13.2. The van der Waals surface area contributed by atoms with Gasteiger partial charge in [-0.25, -0.2) is 4.39 Å². The van der Waals surface area contributed by atoms with E-state index in [1.165, 1.54) is 18.2 Å². The summed E-state index contributed by atoms with van der Waals surface area (Å²) in [6, 6.07) is 3.88. The number of hydrogen-bond donors (Lipinski definition) is 1. The van der Waals surface area contributed by atoms with E-state index in [4.69, 9.17) is 11.6 Å². The van der Waals surface area contributed by atoms with Crippen LogP contribution in [-0.4, -0.2) is 27.5 Å². The van der Waals surface area contributed by atoms with Gasteiger partial charge in [-0.2, -0.15) is 5.10 Å². The fourth-order valence-electron chi connectivity index (χ4n) is 3.18. The van der Waals surface area contributed by atoms with Crippen LogP contribution < -0.4 is 0 Å². The van der Waals surface area contributed by atoms with Crippen molar-refractivity contribution < 1.29 is 9.18 Å². The maximum Gasteiger partial charge on any atom is 0.255 e. The molecule has 1 atom stereocenters. The largest absolute Gasteiger partial charge is 0.331 e. The number of nitrogens with one attached hydrogen (secondary N) is 1. The van der Waals surface area contributed by atoms with Crippen LogP contribution in [0.5, 0.6) is 0 Å². The van der Waals surface area contributed by atoms with Gasteiger partial charge in [0.15, 0.2) is 0 Å². The molecule has 1 aromatic heterocycles. The minimum atomic E-state index is -0.443. The molecule has 0 saturated carbocycles. The number of nitrogens with zero attached hydrogens (tertiary/aromatic N) is 2. The van der Waals surface area contributed by atoms with Gasteiger partial charge >= 0.3 is 0 Å². The van der Waals surface area contributed by atoms with Gasteiger partial charge in [-0.3, -0.25) is 9.89 Å². The van der Waals surface area contributed by atoms with Gasteiger partial charge in [0.05, 0.1) is 22.3 Å². The van der Waals surface area contributed by atoms with E-state index in [0.717, 1.165) is 29.8 Å². The van der Waals surface area contributed by atoms with Crippen molar-refractivity contribution in [1.29, 1.82) is 0 Å². The number of aromatic amines is 1. The van der Waals surface area contributed by atoms with Crippen LogP contribution >= 0.6 is 11.6 Å². The number of hydrogen-bond acceptors (Lipinski definition) is 2. The molecule has 2 heterocycles. The zero-order valence-electron chi connectivity index (χ0n) is 12.5. The third-order valence-corrected chi connectivity index (χ3v) is 4.51. The van der Waals surface area contributed by atoms with Gasteiger partial charge in [0.2, 0.25) is 0 Å². The molecule has 3 rings (SSSR count). The maximum atomic E-state index is 13.2. The summed E-state index contributed by atoms with van der Waals surface area (Å²) in [6.07, 6.45) is 1.82. The van der Waals surface area contributed by atoms with Crippen LogP contribution in [0, 0.1) is 19.7 Å². The Labute approximate surface area is 133 Å². The molecule has 1 aromatic carbocycles. The number of rotatable bonds is 2. The molecular formula is C16H17ClFN3O. The molecule has 0 spiro atoms. The Kier molecular flexibility index (Phi) is 3.91. The number of carbonyl (C=O) groups excluding carboxylic acids is 1. The third kappa shape index (κ3) is 2.50. The quantitative estimate of drug-likeness (QED) is 0.914. The van der Waals surface area contributed by atoms with Crippen LogP contribution in [0.4, 0.5) is 4.39 Å². The number of halogens is 2. The second-order valence-electron chi connectivity index (χ2n) is 5.63. The highest BCUT2D eigenvalue weighted by Gasteiger charge is 2.34. The number of H-pyrrole nitrogens is 1. The van der Waals surface area contributed by atoms with Crippen molar-refractivity contribution >= 4 is 17.5 Å². The molecule has 0 radical (unpaired) electrons. The number of amides is 1. The first kappa shape index (κ1) is 15.0. The first-order valence-electron chi connectivity index (χ1n) is 7.26. The molecule has 1 N–H and O–H groups in total. The lowest BCUT2D eigenvalue weighted by Gasteiger charge is -2.25. The second-order valence-corrected chi connectivity index (χ2v) is 6.04. The van der Waals surface area contributed by atoms with Crippen LogP contribution in [0.25, 0.3) is 0 Å². The summed E-state index contributed by atoms with van der Waals surface area (Å²) in [5.41, 5.74) is 3.30. The van der Waals surface area contributed by atoms with Crippen LogP contribution in [0.15, 0.2) is 18.2 Å². The van der Waals surface area contributed by atoms with E-state index in [0.29, 0.717) is 12.1 Å². The van der Waals surface area contributed by atoms with Crippen molar-refractivity contribution in [2.24, 2.45) is 0 Å². The third-order valence-electron chi connectivity index (χ3n) is 4.19. The summed E-state index contributed by atoms with van der Waals surface area (Å²) < 4.78 is 13.2. The summed E-state index contributed by atoms with van der Waals surface area (Å²) in [5, 5.41) is 7.34. The molecule has 22 heavy (non-hydrogen) atoms. The molecule has 4 nitrogen and oxygen atoms in total. The van der Waals surface area contributed by atoms with E-state index in [1.54, 1.807) is 0 Å². The Bertz CT molecular complexity index is 709. The predicted octanol–water partition coefficient (Wildman–Crippen LogP) is 3.80. The summed E-state index contributed by atoms with van der Waals surface area (Å²) >= 11 is 6.03. The van der Waals surface area contributed by atoms with E-state index in [9.17, 15) is 9.18 Å². The minimum Gasteiger partial charge on any atom is -0.331 e. The van der Waals surface area contributed by atoms with Crippen molar-refractivity contribution in [3.05, 3.63) is 51.6 Å². The highest BCUT2D eigenvalue weighted by Crippen LogP contribution is 2.36. The number of aromatic nitrogens is 2. The summed E-state index contributed by atoms with van der Waals surface area (Å²) in [4.78, 5) is 14.6. The number of benzene rings is 1. The normalized spacial score (nSPS) is 18.0. The van der Waals surface area contributed by atoms with Gasteiger partial charge in [-0.05, 0) is 44.9 Å². The topological polar surface area (TPSA) is 49.0 Å². The SMILES string of the molecule is Cc1n[nH]c(C)c1[C@@H]1CCCN1C(=O)c1ccc(F)cc1Cl. The number of likely N-dealkylation sites (tertiary alicyclic amines) is 1. The standard InChI is InChI=1S/C16H17ClFN3O/c1-9-15(10(2)20-19-9)14-4-3-7-21(14)16(22)12-6-5-11(18)8-13(12)17/h5-6,8,14H,3-4,7H2,1-2H3,(H,19,20)/t14-/m0/s1. The van der Waals surface area contributed by atoms with Crippen LogP contribution in [0.2, 0.25) is 5.02 Å². The number of carbonyl (C=O) groups is 1. The predicted molar refractivity (Wildman–Crippen MR) is 82.5 cm³/mol. The van der Waals surface area contributed by atoms with Crippen molar-refractivity contribution in [2.45, 2.75) is 32.7 Å². The Balaban J connectivity index is 1.95. The average Bonchev–Trinajstić information content (AvgIpc) is 3.05. The molecule has 1 saturated heterocycles. The Morgan fingerprint density at radius 3 is 2.86 bits per heavy atom. The molecule has 0 aliphatic carbocycles. The van der Waals surface area contributed by atoms with Gasteiger partial charge < -0.3 is 4.90 Å². The van der Waals surface area contributed by atoms with Crippen molar-refractivity contribution in [2.75, 3.05) is 6.54 Å². The van der Waals surface area contributed by atoms with E-state index in [1.807, 2.05) is 18.7 Å². The lowest BCUT2D eigenvalue weighted by Crippen LogP contribution is -2.31. The Morgan fingerprint density at radius 2 is 2.23 bits per heavy atom. The van der Waals surface area contributed by atoms with Crippen molar-refractivity contribution in [3.8, 4) is 0 Å². The summed E-state index contributed by atoms with van der Waals surface area (Å²) in [6.45, 7) is 4.56. The van der Waals surface area contributed by atoms with Crippen LogP contribution in [-0.2, 0) is 0 Å². The molecule has 1 aliphatic heterocycles. The van der Waals surface area contributed by atoms with Crippen LogP contribution in [0.1, 0.15) is 46.2 Å². The lowest BCUT2D eigenvalue weighted by atomic mass is 10.0.